The zero-order valence-corrected chi connectivity index (χ0v) is 12.4. The van der Waals surface area contributed by atoms with Crippen LogP contribution in [-0.2, 0) is 20.7 Å². The summed E-state index contributed by atoms with van der Waals surface area (Å²) >= 11 is 0. The molecule has 0 bridgehead atoms. The summed E-state index contributed by atoms with van der Waals surface area (Å²) in [6, 6.07) is 5.17. The molecule has 0 radical (unpaired) electrons. The quantitative estimate of drug-likeness (QED) is 0.488. The number of hydrogen-bond donors (Lipinski definition) is 3. The standard InChI is InChI=1S/C14H17N3O6/c1-22-13(20)11(17-15)5-6-16-14(21)23-10-4-2-3-9(7-10)8-12(18)19/h2-4,7,11,15H,5-6,8H2,1H3,(H,16,21)(H,18,19)/t11-/m0/s1. The molecular weight excluding hydrogens is 306 g/mol. The molecule has 0 spiro atoms. The number of methoxy groups -OCH3 is 1. The first kappa shape index (κ1) is 18.1. The normalized spacial score (nSPS) is 11.2. The van der Waals surface area contributed by atoms with Crippen molar-refractivity contribution in [1.29, 1.82) is 5.53 Å². The third-order valence-electron chi connectivity index (χ3n) is 2.78. The highest BCUT2D eigenvalue weighted by molar-refractivity contribution is 5.76. The van der Waals surface area contributed by atoms with Crippen LogP contribution in [0.3, 0.4) is 0 Å². The number of carbonyl (C=O) groups is 3. The molecule has 0 aliphatic rings. The minimum absolute atomic E-state index is 0.0653. The Morgan fingerprint density at radius 3 is 2.74 bits per heavy atom. The zero-order valence-electron chi connectivity index (χ0n) is 12.4. The van der Waals surface area contributed by atoms with Gasteiger partial charge in [0.1, 0.15) is 5.75 Å². The van der Waals surface area contributed by atoms with Crippen LogP contribution in [0, 0.1) is 5.53 Å². The lowest BCUT2D eigenvalue weighted by molar-refractivity contribution is -0.142. The maximum Gasteiger partial charge on any atom is 0.412 e. The number of amides is 1. The van der Waals surface area contributed by atoms with Crippen molar-refractivity contribution in [1.82, 2.24) is 5.32 Å². The number of nitrogens with zero attached hydrogens (tertiary/aromatic N) is 1. The molecule has 124 valence electrons. The van der Waals surface area contributed by atoms with Crippen molar-refractivity contribution in [3.63, 3.8) is 0 Å². The fraction of sp³-hybridized carbons (Fsp3) is 0.357. The average Bonchev–Trinajstić information content (AvgIpc) is 2.50. The summed E-state index contributed by atoms with van der Waals surface area (Å²) in [5, 5.41) is 14.2. The molecule has 0 saturated carbocycles. The predicted molar refractivity (Wildman–Crippen MR) is 77.4 cm³/mol. The van der Waals surface area contributed by atoms with E-state index in [2.05, 4.69) is 15.2 Å². The Hall–Kier alpha value is -2.97. The van der Waals surface area contributed by atoms with Crippen molar-refractivity contribution in [2.24, 2.45) is 5.11 Å². The molecule has 0 saturated heterocycles. The number of nitrogens with one attached hydrogen (secondary N) is 2. The lowest BCUT2D eigenvalue weighted by atomic mass is 10.1. The molecule has 0 aliphatic heterocycles. The number of esters is 1. The van der Waals surface area contributed by atoms with Crippen LogP contribution >= 0.6 is 0 Å². The second-order valence-electron chi connectivity index (χ2n) is 4.49. The highest BCUT2D eigenvalue weighted by atomic mass is 16.6. The summed E-state index contributed by atoms with van der Waals surface area (Å²) in [5.41, 5.74) is 7.37. The minimum atomic E-state index is -0.986. The monoisotopic (exact) mass is 323 g/mol. The summed E-state index contributed by atoms with van der Waals surface area (Å²) in [6.07, 6.45) is -0.833. The number of carboxylic acids is 1. The Labute approximate surface area is 132 Å². The second kappa shape index (κ2) is 9.13. The van der Waals surface area contributed by atoms with Gasteiger partial charge in [0.15, 0.2) is 6.04 Å². The third kappa shape index (κ3) is 6.55. The molecule has 0 heterocycles. The highest BCUT2D eigenvalue weighted by Gasteiger charge is 2.18. The number of carbonyl (C=O) groups excluding carboxylic acids is 2. The molecule has 1 amide bonds. The smallest absolute Gasteiger partial charge is 0.412 e. The van der Waals surface area contributed by atoms with E-state index in [1.807, 2.05) is 0 Å². The summed E-state index contributed by atoms with van der Waals surface area (Å²) in [5.74, 6) is -1.44. The van der Waals surface area contributed by atoms with Crippen LogP contribution < -0.4 is 10.1 Å². The van der Waals surface area contributed by atoms with E-state index < -0.39 is 24.1 Å². The van der Waals surface area contributed by atoms with Crippen LogP contribution in [0.2, 0.25) is 0 Å². The van der Waals surface area contributed by atoms with Gasteiger partial charge in [-0.1, -0.05) is 12.1 Å². The van der Waals surface area contributed by atoms with Crippen molar-refractivity contribution < 1.29 is 29.0 Å². The Morgan fingerprint density at radius 1 is 1.39 bits per heavy atom. The highest BCUT2D eigenvalue weighted by Crippen LogP contribution is 2.14. The summed E-state index contributed by atoms with van der Waals surface area (Å²) < 4.78 is 9.46. The van der Waals surface area contributed by atoms with Crippen LogP contribution in [0.25, 0.3) is 0 Å². The topological polar surface area (TPSA) is 138 Å². The van der Waals surface area contributed by atoms with Gasteiger partial charge in [-0.15, -0.1) is 0 Å². The molecule has 1 aromatic rings. The van der Waals surface area contributed by atoms with E-state index in [1.165, 1.54) is 19.2 Å². The van der Waals surface area contributed by atoms with Gasteiger partial charge in [-0.25, -0.2) is 15.1 Å². The van der Waals surface area contributed by atoms with E-state index in [9.17, 15) is 14.4 Å². The average molecular weight is 323 g/mol. The molecule has 1 aromatic carbocycles. The number of ether oxygens (including phenoxy) is 2. The first-order chi connectivity index (χ1) is 11.0. The zero-order chi connectivity index (χ0) is 17.2. The summed E-state index contributed by atoms with van der Waals surface area (Å²) in [6.45, 7) is 0.0653. The number of rotatable bonds is 8. The SMILES string of the molecule is COC(=O)[C@H](CCNC(=O)Oc1cccc(CC(=O)O)c1)N=N. The van der Waals surface area contributed by atoms with Crippen molar-refractivity contribution in [2.45, 2.75) is 18.9 Å². The van der Waals surface area contributed by atoms with Crippen LogP contribution in [0.5, 0.6) is 5.75 Å². The molecule has 1 rings (SSSR count). The molecule has 0 aromatic heterocycles. The Bertz CT molecular complexity index is 590. The Morgan fingerprint density at radius 2 is 2.13 bits per heavy atom. The molecule has 9 nitrogen and oxygen atoms in total. The first-order valence-corrected chi connectivity index (χ1v) is 6.67. The fourth-order valence-electron chi connectivity index (χ4n) is 1.72. The van der Waals surface area contributed by atoms with Crippen molar-refractivity contribution in [3.05, 3.63) is 29.8 Å². The van der Waals surface area contributed by atoms with Gasteiger partial charge in [0, 0.05) is 6.54 Å². The van der Waals surface area contributed by atoms with Gasteiger partial charge in [-0.3, -0.25) is 4.79 Å². The minimum Gasteiger partial charge on any atom is -0.481 e. The molecule has 0 aliphatic carbocycles. The largest absolute Gasteiger partial charge is 0.481 e. The van der Waals surface area contributed by atoms with Gasteiger partial charge >= 0.3 is 18.0 Å². The number of hydrogen-bond acceptors (Lipinski definition) is 7. The number of benzene rings is 1. The summed E-state index contributed by atoms with van der Waals surface area (Å²) in [4.78, 5) is 33.5. The van der Waals surface area contributed by atoms with Gasteiger partial charge in [-0.2, -0.15) is 5.11 Å². The van der Waals surface area contributed by atoms with Gasteiger partial charge in [0.05, 0.1) is 13.5 Å². The maximum atomic E-state index is 11.6. The lowest BCUT2D eigenvalue weighted by Crippen LogP contribution is -2.31. The molecule has 9 heteroatoms. The second-order valence-corrected chi connectivity index (χ2v) is 4.49. The Balaban J connectivity index is 2.46. The molecule has 3 N–H and O–H groups in total. The van der Waals surface area contributed by atoms with Crippen molar-refractivity contribution in [3.8, 4) is 5.75 Å². The van der Waals surface area contributed by atoms with Gasteiger partial charge in [0.25, 0.3) is 0 Å². The molecule has 0 unspecified atom stereocenters. The molecule has 0 fully saturated rings. The van der Waals surface area contributed by atoms with Gasteiger partial charge in [-0.05, 0) is 24.1 Å². The third-order valence-corrected chi connectivity index (χ3v) is 2.78. The van der Waals surface area contributed by atoms with Crippen LogP contribution in [0.1, 0.15) is 12.0 Å². The molecule has 1 atom stereocenters. The van der Waals surface area contributed by atoms with E-state index in [0.717, 1.165) is 0 Å². The number of carboxylic acid groups (broad SMARTS) is 1. The Kier molecular flexibility index (Phi) is 7.18. The van der Waals surface area contributed by atoms with Gasteiger partial charge < -0.3 is 19.9 Å². The van der Waals surface area contributed by atoms with Crippen LogP contribution in [-0.4, -0.2) is 42.8 Å². The van der Waals surface area contributed by atoms with Crippen LogP contribution in [0.15, 0.2) is 29.4 Å². The predicted octanol–water partition coefficient (Wildman–Crippen LogP) is 1.36. The lowest BCUT2D eigenvalue weighted by Gasteiger charge is -2.10. The van der Waals surface area contributed by atoms with E-state index in [4.69, 9.17) is 15.4 Å². The maximum absolute atomic E-state index is 11.6. The molecular formula is C14H17N3O6. The van der Waals surface area contributed by atoms with Gasteiger partial charge in [0.2, 0.25) is 0 Å². The van der Waals surface area contributed by atoms with Crippen molar-refractivity contribution >= 4 is 18.0 Å². The number of aliphatic carboxylic acids is 1. The first-order valence-electron chi connectivity index (χ1n) is 6.67. The van der Waals surface area contributed by atoms with Crippen LogP contribution in [0.4, 0.5) is 4.79 Å². The summed E-state index contributed by atoms with van der Waals surface area (Å²) in [7, 11) is 1.19. The van der Waals surface area contributed by atoms with Crippen molar-refractivity contribution in [2.75, 3.05) is 13.7 Å². The van der Waals surface area contributed by atoms with E-state index in [1.54, 1.807) is 12.1 Å². The molecule has 23 heavy (non-hydrogen) atoms. The fourth-order valence-corrected chi connectivity index (χ4v) is 1.72. The van der Waals surface area contributed by atoms with E-state index in [-0.39, 0.29) is 25.1 Å². The van der Waals surface area contributed by atoms with E-state index >= 15 is 0 Å². The van der Waals surface area contributed by atoms with E-state index in [0.29, 0.717) is 5.56 Å².